The molecule has 0 amide bonds. The molecule has 0 aliphatic heterocycles. The van der Waals surface area contributed by atoms with Crippen LogP contribution in [-0.2, 0) is 5.54 Å². The fourth-order valence-electron chi connectivity index (χ4n) is 1.83. The molecule has 14 heavy (non-hydrogen) atoms. The maximum Gasteiger partial charge on any atom is 0.0953 e. The smallest absolute Gasteiger partial charge is 0.0953 e. The summed E-state index contributed by atoms with van der Waals surface area (Å²) in [5.41, 5.74) is 6.49. The Morgan fingerprint density at radius 1 is 1.50 bits per heavy atom. The molecular weight excluding hydrogens is 192 g/mol. The second-order valence-corrected chi connectivity index (χ2v) is 6.31. The summed E-state index contributed by atoms with van der Waals surface area (Å²) in [7, 11) is 0. The molecule has 1 heterocycles. The molecule has 0 aromatic carbocycles. The quantitative estimate of drug-likeness (QED) is 0.815. The number of rotatable bonds is 2. The number of thiazole rings is 1. The Morgan fingerprint density at radius 3 is 2.43 bits per heavy atom. The van der Waals surface area contributed by atoms with E-state index in [9.17, 15) is 0 Å². The van der Waals surface area contributed by atoms with Gasteiger partial charge < -0.3 is 5.73 Å². The number of nitrogens with two attached hydrogens (primary N) is 1. The Kier molecular flexibility index (Phi) is 2.02. The molecule has 1 aliphatic rings. The van der Waals surface area contributed by atoms with Crippen molar-refractivity contribution in [2.75, 3.05) is 0 Å². The molecule has 2 nitrogen and oxygen atoms in total. The minimum Gasteiger partial charge on any atom is -0.320 e. The van der Waals surface area contributed by atoms with Crippen LogP contribution in [0.5, 0.6) is 0 Å². The molecule has 1 saturated carbocycles. The van der Waals surface area contributed by atoms with Crippen molar-refractivity contribution in [2.24, 2.45) is 11.1 Å². The highest BCUT2D eigenvalue weighted by Gasteiger charge is 2.60. The summed E-state index contributed by atoms with van der Waals surface area (Å²) in [6.45, 7) is 8.79. The minimum absolute atomic E-state index is 0.0994. The van der Waals surface area contributed by atoms with E-state index in [1.54, 1.807) is 11.3 Å². The van der Waals surface area contributed by atoms with Crippen molar-refractivity contribution in [2.45, 2.75) is 45.6 Å². The second kappa shape index (κ2) is 2.80. The maximum absolute atomic E-state index is 6.33. The van der Waals surface area contributed by atoms with Crippen molar-refractivity contribution in [3.63, 3.8) is 0 Å². The van der Waals surface area contributed by atoms with Crippen molar-refractivity contribution in [3.8, 4) is 0 Å². The van der Waals surface area contributed by atoms with Crippen molar-refractivity contribution in [1.82, 2.24) is 4.98 Å². The van der Waals surface area contributed by atoms with Crippen LogP contribution < -0.4 is 5.73 Å². The average molecular weight is 210 g/mol. The summed E-state index contributed by atoms with van der Waals surface area (Å²) in [4.78, 5) is 5.68. The van der Waals surface area contributed by atoms with Crippen LogP contribution in [0.15, 0.2) is 6.20 Å². The third kappa shape index (κ3) is 1.30. The lowest BCUT2D eigenvalue weighted by molar-refractivity contribution is 0.516. The topological polar surface area (TPSA) is 38.9 Å². The van der Waals surface area contributed by atoms with Crippen LogP contribution in [0.3, 0.4) is 0 Å². The Labute approximate surface area is 89.5 Å². The lowest BCUT2D eigenvalue weighted by Crippen LogP contribution is -2.24. The lowest BCUT2D eigenvalue weighted by Gasteiger charge is -2.11. The van der Waals surface area contributed by atoms with Gasteiger partial charge in [0.25, 0.3) is 0 Å². The fraction of sp³-hybridized carbons (Fsp3) is 0.727. The van der Waals surface area contributed by atoms with Gasteiger partial charge in [-0.3, -0.25) is 0 Å². The molecule has 2 N–H and O–H groups in total. The third-order valence-corrected chi connectivity index (χ3v) is 4.74. The van der Waals surface area contributed by atoms with Crippen LogP contribution in [0.25, 0.3) is 0 Å². The van der Waals surface area contributed by atoms with Gasteiger partial charge in [0.1, 0.15) is 0 Å². The highest BCUT2D eigenvalue weighted by molar-refractivity contribution is 7.11. The molecule has 0 saturated heterocycles. The van der Waals surface area contributed by atoms with Gasteiger partial charge in [0.2, 0.25) is 0 Å². The zero-order valence-corrected chi connectivity index (χ0v) is 10.1. The first kappa shape index (κ1) is 10.1. The van der Waals surface area contributed by atoms with E-state index in [0.717, 1.165) is 6.42 Å². The van der Waals surface area contributed by atoms with Gasteiger partial charge in [0.05, 0.1) is 10.5 Å². The van der Waals surface area contributed by atoms with Crippen LogP contribution >= 0.6 is 11.3 Å². The highest BCUT2D eigenvalue weighted by Crippen LogP contribution is 2.61. The summed E-state index contributed by atoms with van der Waals surface area (Å²) in [6, 6.07) is 0. The fourth-order valence-corrected chi connectivity index (χ4v) is 3.04. The standard InChI is InChI=1S/C11H18N2S/c1-7(2)9-13-5-8(14-9)11(12)6-10(11,3)4/h5,7H,6,12H2,1-4H3. The molecule has 1 aromatic heterocycles. The van der Waals surface area contributed by atoms with E-state index in [1.165, 1.54) is 9.88 Å². The molecule has 2 rings (SSSR count). The Balaban J connectivity index is 2.27. The van der Waals surface area contributed by atoms with Gasteiger partial charge in [-0.05, 0) is 11.8 Å². The maximum atomic E-state index is 6.33. The predicted octanol–water partition coefficient (Wildman–Crippen LogP) is 2.85. The number of hydrogen-bond acceptors (Lipinski definition) is 3. The van der Waals surface area contributed by atoms with Crippen molar-refractivity contribution >= 4 is 11.3 Å². The minimum atomic E-state index is -0.0994. The second-order valence-electron chi connectivity index (χ2n) is 5.25. The van der Waals surface area contributed by atoms with Crippen molar-refractivity contribution in [3.05, 3.63) is 16.1 Å². The van der Waals surface area contributed by atoms with E-state index >= 15 is 0 Å². The molecular formula is C11H18N2S. The van der Waals surface area contributed by atoms with Crippen molar-refractivity contribution < 1.29 is 0 Å². The first-order chi connectivity index (χ1) is 6.37. The molecule has 78 valence electrons. The van der Waals surface area contributed by atoms with Crippen LogP contribution in [0.1, 0.15) is 49.9 Å². The lowest BCUT2D eigenvalue weighted by atomic mass is 10.1. The van der Waals surface area contributed by atoms with Gasteiger partial charge in [-0.2, -0.15) is 0 Å². The Morgan fingerprint density at radius 2 is 2.07 bits per heavy atom. The van der Waals surface area contributed by atoms with Gasteiger partial charge in [-0.1, -0.05) is 27.7 Å². The normalized spacial score (nSPS) is 29.6. The monoisotopic (exact) mass is 210 g/mol. The van der Waals surface area contributed by atoms with Gasteiger partial charge in [0, 0.05) is 17.0 Å². The number of hydrogen-bond donors (Lipinski definition) is 1. The Hall–Kier alpha value is -0.410. The van der Waals surface area contributed by atoms with E-state index in [2.05, 4.69) is 32.7 Å². The highest BCUT2D eigenvalue weighted by atomic mass is 32.1. The summed E-state index contributed by atoms with van der Waals surface area (Å²) in [5.74, 6) is 0.513. The van der Waals surface area contributed by atoms with E-state index in [4.69, 9.17) is 5.73 Å². The SMILES string of the molecule is CC(C)c1ncc(C2(N)CC2(C)C)s1. The van der Waals surface area contributed by atoms with E-state index < -0.39 is 0 Å². The molecule has 0 spiro atoms. The zero-order valence-electron chi connectivity index (χ0n) is 9.29. The summed E-state index contributed by atoms with van der Waals surface area (Å²) in [6.07, 6.45) is 3.05. The van der Waals surface area contributed by atoms with Crippen molar-refractivity contribution in [1.29, 1.82) is 0 Å². The summed E-state index contributed by atoms with van der Waals surface area (Å²) >= 11 is 1.78. The summed E-state index contributed by atoms with van der Waals surface area (Å²) in [5, 5.41) is 1.20. The third-order valence-electron chi connectivity index (χ3n) is 3.26. The number of nitrogens with zero attached hydrogens (tertiary/aromatic N) is 1. The van der Waals surface area contributed by atoms with Crippen LogP contribution in [0, 0.1) is 5.41 Å². The molecule has 1 fully saturated rings. The van der Waals surface area contributed by atoms with Crippen LogP contribution in [-0.4, -0.2) is 4.98 Å². The van der Waals surface area contributed by atoms with Gasteiger partial charge >= 0.3 is 0 Å². The molecule has 0 radical (unpaired) electrons. The largest absolute Gasteiger partial charge is 0.320 e. The zero-order chi connectivity index (χ0) is 10.6. The van der Waals surface area contributed by atoms with E-state index in [1.807, 2.05) is 6.20 Å². The van der Waals surface area contributed by atoms with Gasteiger partial charge in [-0.25, -0.2) is 4.98 Å². The predicted molar refractivity (Wildman–Crippen MR) is 60.5 cm³/mol. The molecule has 1 aliphatic carbocycles. The first-order valence-corrected chi connectivity index (χ1v) is 5.93. The van der Waals surface area contributed by atoms with E-state index in [0.29, 0.717) is 5.92 Å². The van der Waals surface area contributed by atoms with Gasteiger partial charge in [-0.15, -0.1) is 11.3 Å². The molecule has 1 unspecified atom stereocenters. The first-order valence-electron chi connectivity index (χ1n) is 5.12. The molecule has 1 atom stereocenters. The summed E-state index contributed by atoms with van der Waals surface area (Å²) < 4.78 is 0. The molecule has 1 aromatic rings. The Bertz CT molecular complexity index is 354. The molecule has 3 heteroatoms. The van der Waals surface area contributed by atoms with Gasteiger partial charge in [0.15, 0.2) is 0 Å². The number of aromatic nitrogens is 1. The average Bonchev–Trinajstić information content (AvgIpc) is 2.53. The van der Waals surface area contributed by atoms with Crippen LogP contribution in [0.2, 0.25) is 0 Å². The van der Waals surface area contributed by atoms with E-state index in [-0.39, 0.29) is 11.0 Å². The van der Waals surface area contributed by atoms with Crippen LogP contribution in [0.4, 0.5) is 0 Å². The molecule has 0 bridgehead atoms.